The van der Waals surface area contributed by atoms with Crippen molar-refractivity contribution in [1.29, 1.82) is 0 Å². The number of nitrogens with zero attached hydrogens (tertiary/aromatic N) is 3. The summed E-state index contributed by atoms with van der Waals surface area (Å²) >= 11 is 6.04. The van der Waals surface area contributed by atoms with Crippen LogP contribution in [0.4, 0.5) is 13.2 Å². The number of hydrogen-bond donors (Lipinski definition) is 2. The molecule has 3 aromatic rings. The quantitative estimate of drug-likeness (QED) is 0.358. The largest absolute Gasteiger partial charge is 0.490 e. The maximum atomic E-state index is 13.3. The van der Waals surface area contributed by atoms with Crippen LogP contribution < -0.4 is 10.9 Å². The minimum absolute atomic E-state index is 0.0357. The van der Waals surface area contributed by atoms with E-state index in [9.17, 15) is 22.8 Å². The summed E-state index contributed by atoms with van der Waals surface area (Å²) in [4.78, 5) is 36.5. The Morgan fingerprint density at radius 1 is 1.10 bits per heavy atom. The van der Waals surface area contributed by atoms with Crippen molar-refractivity contribution >= 4 is 34.2 Å². The van der Waals surface area contributed by atoms with Gasteiger partial charge in [0.15, 0.2) is 0 Å². The molecule has 0 atom stereocenters. The van der Waals surface area contributed by atoms with Crippen LogP contribution in [-0.2, 0) is 20.7 Å². The molecule has 9 nitrogen and oxygen atoms in total. The van der Waals surface area contributed by atoms with Crippen molar-refractivity contribution < 1.29 is 32.6 Å². The van der Waals surface area contributed by atoms with Crippen LogP contribution in [0, 0.1) is 0 Å². The number of carboxylic acid groups (broad SMARTS) is 1. The molecule has 2 N–H and O–H groups in total. The summed E-state index contributed by atoms with van der Waals surface area (Å²) in [5.74, 6) is -2.72. The summed E-state index contributed by atoms with van der Waals surface area (Å²) in [5.41, 5.74) is 1.96. The predicted octanol–water partition coefficient (Wildman–Crippen LogP) is 4.06. The molecule has 0 spiro atoms. The molecule has 0 bridgehead atoms. The third kappa shape index (κ3) is 9.55. The second-order valence-electron chi connectivity index (χ2n) is 9.51. The Morgan fingerprint density at radius 3 is 2.29 bits per heavy atom. The third-order valence-corrected chi connectivity index (χ3v) is 6.87. The molecule has 1 fully saturated rings. The predicted molar refractivity (Wildman–Crippen MR) is 148 cm³/mol. The highest BCUT2D eigenvalue weighted by atomic mass is 35.5. The molecule has 0 unspecified atom stereocenters. The van der Waals surface area contributed by atoms with E-state index in [4.69, 9.17) is 31.3 Å². The Kier molecular flexibility index (Phi) is 11.7. The Hall–Kier alpha value is -3.48. The van der Waals surface area contributed by atoms with Gasteiger partial charge in [-0.05, 0) is 36.6 Å². The highest BCUT2D eigenvalue weighted by Gasteiger charge is 2.38. The molecule has 2 aromatic carbocycles. The first-order valence-corrected chi connectivity index (χ1v) is 13.4. The molecule has 13 heteroatoms. The molecule has 4 rings (SSSR count). The van der Waals surface area contributed by atoms with E-state index in [1.54, 1.807) is 11.8 Å². The van der Waals surface area contributed by atoms with Crippen LogP contribution >= 0.6 is 11.6 Å². The number of aliphatic carboxylic acids is 1. The minimum Gasteiger partial charge on any atom is -0.475 e. The van der Waals surface area contributed by atoms with E-state index >= 15 is 0 Å². The van der Waals surface area contributed by atoms with Crippen LogP contribution in [0.25, 0.3) is 10.8 Å². The van der Waals surface area contributed by atoms with Crippen molar-refractivity contribution in [2.45, 2.75) is 37.9 Å². The number of hydrogen-bond acceptors (Lipinski definition) is 6. The zero-order valence-corrected chi connectivity index (χ0v) is 23.2. The minimum atomic E-state index is -5.08. The standard InChI is InChI=1S/C26H31ClN4O3.C2HF3O2/c1-34-17-13-28-25(32)12-16-30-14-10-21(11-15-30)31-26(33)23-5-3-2-4-22(23)24(29-31)18-19-6-8-20(27)9-7-19;3-2(4,5)1(6)7/h2-9,21H,10-18H2,1H3,(H,28,32);(H,6,7). The molecule has 1 aliphatic heterocycles. The number of alkyl halides is 3. The molecule has 41 heavy (non-hydrogen) atoms. The number of carbonyl (C=O) groups is 2. The van der Waals surface area contributed by atoms with E-state index in [1.807, 2.05) is 48.5 Å². The van der Waals surface area contributed by atoms with Crippen LogP contribution in [0.5, 0.6) is 0 Å². The summed E-state index contributed by atoms with van der Waals surface area (Å²) in [6, 6.07) is 15.5. The van der Waals surface area contributed by atoms with Gasteiger partial charge in [0.1, 0.15) is 0 Å². The Morgan fingerprint density at radius 2 is 1.71 bits per heavy atom. The number of likely N-dealkylation sites (tertiary alicyclic amines) is 1. The number of carbonyl (C=O) groups excluding carboxylic acids is 1. The van der Waals surface area contributed by atoms with Gasteiger partial charge in [-0.3, -0.25) is 9.59 Å². The summed E-state index contributed by atoms with van der Waals surface area (Å²) in [6.45, 7) is 3.44. The number of halogens is 4. The summed E-state index contributed by atoms with van der Waals surface area (Å²) in [7, 11) is 1.62. The van der Waals surface area contributed by atoms with Crippen LogP contribution in [0.2, 0.25) is 5.02 Å². The first-order chi connectivity index (χ1) is 19.5. The Balaban J connectivity index is 0.000000587. The second-order valence-corrected chi connectivity index (χ2v) is 9.95. The van der Waals surface area contributed by atoms with Crippen LogP contribution in [0.15, 0.2) is 53.3 Å². The maximum absolute atomic E-state index is 13.3. The van der Waals surface area contributed by atoms with E-state index in [1.165, 1.54) is 0 Å². The van der Waals surface area contributed by atoms with Crippen molar-refractivity contribution in [2.24, 2.45) is 0 Å². The number of benzene rings is 2. The fraction of sp³-hybridized carbons (Fsp3) is 0.429. The van der Waals surface area contributed by atoms with Crippen LogP contribution in [0.1, 0.15) is 36.6 Å². The van der Waals surface area contributed by atoms with Gasteiger partial charge in [-0.2, -0.15) is 18.3 Å². The van der Waals surface area contributed by atoms with Crippen molar-refractivity contribution in [2.75, 3.05) is 39.9 Å². The summed E-state index contributed by atoms with van der Waals surface area (Å²) in [5, 5.41) is 17.1. The number of piperidine rings is 1. The molecule has 0 radical (unpaired) electrons. The lowest BCUT2D eigenvalue weighted by molar-refractivity contribution is -0.192. The van der Waals surface area contributed by atoms with Crippen molar-refractivity contribution in [3.63, 3.8) is 0 Å². The number of amides is 1. The average Bonchev–Trinajstić information content (AvgIpc) is 2.95. The smallest absolute Gasteiger partial charge is 0.475 e. The van der Waals surface area contributed by atoms with Gasteiger partial charge in [0, 0.05) is 56.5 Å². The van der Waals surface area contributed by atoms with Gasteiger partial charge in [-0.25, -0.2) is 9.48 Å². The topological polar surface area (TPSA) is 114 Å². The number of methoxy groups -OCH3 is 1. The number of carboxylic acids is 1. The van der Waals surface area contributed by atoms with Crippen LogP contribution in [0.3, 0.4) is 0 Å². The Bertz CT molecular complexity index is 1370. The molecule has 0 saturated carbocycles. The number of aromatic nitrogens is 2. The molecular formula is C28H32ClF3N4O5. The first kappa shape index (κ1) is 32.0. The molecule has 1 saturated heterocycles. The maximum Gasteiger partial charge on any atom is 0.490 e. The number of ether oxygens (including phenoxy) is 1. The van der Waals surface area contributed by atoms with Gasteiger partial charge >= 0.3 is 12.1 Å². The first-order valence-electron chi connectivity index (χ1n) is 13.0. The lowest BCUT2D eigenvalue weighted by Crippen LogP contribution is -2.40. The SMILES string of the molecule is COCCNC(=O)CCN1CCC(n2nc(Cc3ccc(Cl)cc3)c3ccccc3c2=O)CC1.O=C(O)C(F)(F)F. The van der Waals surface area contributed by atoms with Crippen molar-refractivity contribution in [1.82, 2.24) is 20.0 Å². The van der Waals surface area contributed by atoms with Gasteiger partial charge in [-0.1, -0.05) is 41.9 Å². The zero-order chi connectivity index (χ0) is 30.0. The average molecular weight is 597 g/mol. The normalized spacial score (nSPS) is 14.4. The van der Waals surface area contributed by atoms with Gasteiger partial charge in [-0.15, -0.1) is 0 Å². The number of fused-ring (bicyclic) bond motifs is 1. The van der Waals surface area contributed by atoms with Gasteiger partial charge in [0.2, 0.25) is 5.91 Å². The third-order valence-electron chi connectivity index (χ3n) is 6.62. The summed E-state index contributed by atoms with van der Waals surface area (Å²) < 4.78 is 38.4. The monoisotopic (exact) mass is 596 g/mol. The van der Waals surface area contributed by atoms with Gasteiger partial charge in [0.05, 0.1) is 23.7 Å². The van der Waals surface area contributed by atoms with Crippen LogP contribution in [-0.4, -0.2) is 77.7 Å². The van der Waals surface area contributed by atoms with E-state index < -0.39 is 12.1 Å². The van der Waals surface area contributed by atoms with Crippen molar-refractivity contribution in [3.05, 3.63) is 75.2 Å². The fourth-order valence-electron chi connectivity index (χ4n) is 4.48. The van der Waals surface area contributed by atoms with Gasteiger partial charge in [0.25, 0.3) is 5.56 Å². The lowest BCUT2D eigenvalue weighted by atomic mass is 10.0. The molecule has 1 aliphatic rings. The second kappa shape index (κ2) is 14.9. The number of rotatable bonds is 9. The molecular weight excluding hydrogens is 565 g/mol. The van der Waals surface area contributed by atoms with E-state index in [-0.39, 0.29) is 17.5 Å². The molecule has 222 valence electrons. The van der Waals surface area contributed by atoms with E-state index in [0.29, 0.717) is 42.9 Å². The van der Waals surface area contributed by atoms with E-state index in [2.05, 4.69) is 10.2 Å². The highest BCUT2D eigenvalue weighted by Crippen LogP contribution is 2.24. The van der Waals surface area contributed by atoms with Gasteiger partial charge < -0.3 is 20.1 Å². The molecule has 1 aromatic heterocycles. The zero-order valence-electron chi connectivity index (χ0n) is 22.5. The fourth-order valence-corrected chi connectivity index (χ4v) is 4.60. The lowest BCUT2D eigenvalue weighted by Gasteiger charge is -2.32. The molecule has 2 heterocycles. The van der Waals surface area contributed by atoms with Crippen molar-refractivity contribution in [3.8, 4) is 0 Å². The summed E-state index contributed by atoms with van der Waals surface area (Å²) in [6.07, 6.45) is -2.32. The molecule has 1 amide bonds. The highest BCUT2D eigenvalue weighted by molar-refractivity contribution is 6.30. The Labute approximate surface area is 239 Å². The number of nitrogens with one attached hydrogen (secondary N) is 1. The van der Waals surface area contributed by atoms with E-state index in [0.717, 1.165) is 42.6 Å². The molecule has 0 aliphatic carbocycles.